The maximum Gasteiger partial charge on any atom is 0.408 e. The van der Waals surface area contributed by atoms with E-state index in [0.29, 0.717) is 0 Å². The Morgan fingerprint density at radius 3 is 2.74 bits per heavy atom. The SMILES string of the molecule is Cc1cc(=O)[nH]cc1C#CCNC(=O)OC(C)(C)C. The number of nitrogens with one attached hydrogen (secondary N) is 2. The van der Waals surface area contributed by atoms with Crippen molar-refractivity contribution in [3.8, 4) is 11.8 Å². The molecule has 1 amide bonds. The van der Waals surface area contributed by atoms with E-state index in [1.165, 1.54) is 6.07 Å². The summed E-state index contributed by atoms with van der Waals surface area (Å²) in [6.45, 7) is 7.37. The average molecular weight is 262 g/mol. The fourth-order valence-electron chi connectivity index (χ4n) is 1.28. The number of amides is 1. The van der Waals surface area contributed by atoms with Gasteiger partial charge in [-0.2, -0.15) is 0 Å². The average Bonchev–Trinajstić information content (AvgIpc) is 2.24. The van der Waals surface area contributed by atoms with Crippen LogP contribution in [0.25, 0.3) is 0 Å². The molecule has 0 atom stereocenters. The summed E-state index contributed by atoms with van der Waals surface area (Å²) in [7, 11) is 0. The van der Waals surface area contributed by atoms with Gasteiger partial charge in [0.05, 0.1) is 6.54 Å². The Labute approximate surface area is 112 Å². The van der Waals surface area contributed by atoms with Crippen LogP contribution in [0.4, 0.5) is 4.79 Å². The highest BCUT2D eigenvalue weighted by molar-refractivity contribution is 5.68. The van der Waals surface area contributed by atoms with Gasteiger partial charge in [-0.25, -0.2) is 4.79 Å². The predicted molar refractivity (Wildman–Crippen MR) is 72.9 cm³/mol. The first-order valence-corrected chi connectivity index (χ1v) is 5.93. The highest BCUT2D eigenvalue weighted by Crippen LogP contribution is 2.06. The topological polar surface area (TPSA) is 71.2 Å². The highest BCUT2D eigenvalue weighted by Gasteiger charge is 2.14. The Morgan fingerprint density at radius 2 is 2.16 bits per heavy atom. The second-order valence-corrected chi connectivity index (χ2v) is 5.05. The molecule has 0 aliphatic carbocycles. The van der Waals surface area contributed by atoms with Gasteiger partial charge in [-0.15, -0.1) is 0 Å². The van der Waals surface area contributed by atoms with Crippen molar-refractivity contribution in [1.29, 1.82) is 0 Å². The summed E-state index contributed by atoms with van der Waals surface area (Å²) in [6, 6.07) is 1.48. The van der Waals surface area contributed by atoms with E-state index >= 15 is 0 Å². The van der Waals surface area contributed by atoms with Gasteiger partial charge in [0.25, 0.3) is 0 Å². The molecule has 0 aromatic carbocycles. The van der Waals surface area contributed by atoms with Crippen LogP contribution in [0.5, 0.6) is 0 Å². The number of aromatic amines is 1. The number of hydrogen-bond donors (Lipinski definition) is 2. The molecular weight excluding hydrogens is 244 g/mol. The van der Waals surface area contributed by atoms with E-state index in [-0.39, 0.29) is 12.1 Å². The lowest BCUT2D eigenvalue weighted by molar-refractivity contribution is 0.0535. The van der Waals surface area contributed by atoms with Crippen molar-refractivity contribution in [1.82, 2.24) is 10.3 Å². The summed E-state index contributed by atoms with van der Waals surface area (Å²) in [6.07, 6.45) is 1.05. The molecular formula is C14H18N2O3. The third kappa shape index (κ3) is 5.77. The number of rotatable bonds is 1. The van der Waals surface area contributed by atoms with Crippen LogP contribution in [0, 0.1) is 18.8 Å². The zero-order valence-corrected chi connectivity index (χ0v) is 11.6. The standard InChI is InChI=1S/C14H18N2O3/c1-10-8-12(17)16-9-11(10)6-5-7-15-13(18)19-14(2,3)4/h8-9H,7H2,1-4H3,(H,15,18)(H,16,17). The third-order valence-corrected chi connectivity index (χ3v) is 2.07. The molecule has 0 bridgehead atoms. The first-order valence-electron chi connectivity index (χ1n) is 5.93. The monoisotopic (exact) mass is 262 g/mol. The molecule has 5 nitrogen and oxygen atoms in total. The number of hydrogen-bond acceptors (Lipinski definition) is 3. The van der Waals surface area contributed by atoms with Crippen molar-refractivity contribution in [2.45, 2.75) is 33.3 Å². The molecule has 0 aliphatic heterocycles. The molecule has 0 saturated carbocycles. The van der Waals surface area contributed by atoms with Crippen LogP contribution < -0.4 is 10.9 Å². The Morgan fingerprint density at radius 1 is 1.47 bits per heavy atom. The third-order valence-electron chi connectivity index (χ3n) is 2.07. The maximum atomic E-state index is 11.3. The Balaban J connectivity index is 2.52. The summed E-state index contributed by atoms with van der Waals surface area (Å²) >= 11 is 0. The van der Waals surface area contributed by atoms with Crippen LogP contribution in [0.15, 0.2) is 17.1 Å². The van der Waals surface area contributed by atoms with E-state index < -0.39 is 11.7 Å². The van der Waals surface area contributed by atoms with Gasteiger partial charge in [0.15, 0.2) is 0 Å². The van der Waals surface area contributed by atoms with Gasteiger partial charge in [0.2, 0.25) is 5.56 Å². The number of ether oxygens (including phenoxy) is 1. The Kier molecular flexibility index (Phi) is 4.76. The first-order chi connectivity index (χ1) is 8.78. The lowest BCUT2D eigenvalue weighted by Gasteiger charge is -2.19. The molecule has 2 N–H and O–H groups in total. The van der Waals surface area contributed by atoms with Crippen molar-refractivity contribution < 1.29 is 9.53 Å². The molecule has 5 heteroatoms. The molecule has 0 radical (unpaired) electrons. The summed E-state index contributed by atoms with van der Waals surface area (Å²) in [5, 5.41) is 2.53. The first kappa shape index (κ1) is 14.8. The molecule has 19 heavy (non-hydrogen) atoms. The normalized spacial score (nSPS) is 10.3. The van der Waals surface area contributed by atoms with Gasteiger partial charge in [-0.05, 0) is 33.3 Å². The number of H-pyrrole nitrogens is 1. The molecule has 0 spiro atoms. The van der Waals surface area contributed by atoms with E-state index in [4.69, 9.17) is 4.74 Å². The van der Waals surface area contributed by atoms with Crippen LogP contribution in [0.3, 0.4) is 0 Å². The van der Waals surface area contributed by atoms with Crippen molar-refractivity contribution in [3.63, 3.8) is 0 Å². The number of aromatic nitrogens is 1. The fourth-order valence-corrected chi connectivity index (χ4v) is 1.28. The molecule has 0 fully saturated rings. The lowest BCUT2D eigenvalue weighted by Crippen LogP contribution is -2.32. The second-order valence-electron chi connectivity index (χ2n) is 5.05. The van der Waals surface area contributed by atoms with E-state index in [1.807, 2.05) is 0 Å². The van der Waals surface area contributed by atoms with Gasteiger partial charge < -0.3 is 15.0 Å². The number of pyridine rings is 1. The van der Waals surface area contributed by atoms with Crippen LogP contribution in [-0.2, 0) is 4.74 Å². The van der Waals surface area contributed by atoms with E-state index in [2.05, 4.69) is 22.1 Å². The van der Waals surface area contributed by atoms with Crippen molar-refractivity contribution in [2.75, 3.05) is 6.54 Å². The molecule has 0 saturated heterocycles. The summed E-state index contributed by atoms with van der Waals surface area (Å²) < 4.78 is 5.06. The smallest absolute Gasteiger partial charge is 0.408 e. The van der Waals surface area contributed by atoms with Gasteiger partial charge >= 0.3 is 6.09 Å². The van der Waals surface area contributed by atoms with E-state index in [1.54, 1.807) is 33.9 Å². The van der Waals surface area contributed by atoms with Gasteiger partial charge in [0, 0.05) is 17.8 Å². The molecule has 1 aromatic rings. The Hall–Kier alpha value is -2.22. The van der Waals surface area contributed by atoms with Crippen molar-refractivity contribution in [2.24, 2.45) is 0 Å². The summed E-state index contributed by atoms with van der Waals surface area (Å²) in [5.74, 6) is 5.66. The number of carbonyl (C=O) groups is 1. The molecule has 1 rings (SSSR count). The van der Waals surface area contributed by atoms with E-state index in [0.717, 1.165) is 11.1 Å². The quantitative estimate of drug-likeness (QED) is 0.754. The van der Waals surface area contributed by atoms with Crippen LogP contribution in [-0.4, -0.2) is 23.2 Å². The van der Waals surface area contributed by atoms with Gasteiger partial charge in [-0.1, -0.05) is 11.8 Å². The zero-order valence-electron chi connectivity index (χ0n) is 11.6. The Bertz CT molecular complexity index is 571. The molecule has 0 aliphatic rings. The van der Waals surface area contributed by atoms with Crippen LogP contribution in [0.1, 0.15) is 31.9 Å². The van der Waals surface area contributed by atoms with Crippen LogP contribution in [0.2, 0.25) is 0 Å². The highest BCUT2D eigenvalue weighted by atomic mass is 16.6. The zero-order chi connectivity index (χ0) is 14.5. The van der Waals surface area contributed by atoms with Crippen molar-refractivity contribution in [3.05, 3.63) is 33.7 Å². The minimum Gasteiger partial charge on any atom is -0.444 e. The maximum absolute atomic E-state index is 11.3. The van der Waals surface area contributed by atoms with Crippen LogP contribution >= 0.6 is 0 Å². The second kappa shape index (κ2) is 6.10. The largest absolute Gasteiger partial charge is 0.444 e. The number of carbonyl (C=O) groups excluding carboxylic acids is 1. The minimum atomic E-state index is -0.521. The van der Waals surface area contributed by atoms with E-state index in [9.17, 15) is 9.59 Å². The molecule has 1 heterocycles. The number of aryl methyl sites for hydroxylation is 1. The van der Waals surface area contributed by atoms with Gasteiger partial charge in [0.1, 0.15) is 5.60 Å². The van der Waals surface area contributed by atoms with Gasteiger partial charge in [-0.3, -0.25) is 4.79 Å². The summed E-state index contributed by atoms with van der Waals surface area (Å²) in [5.41, 5.74) is 0.849. The predicted octanol–water partition coefficient (Wildman–Crippen LogP) is 1.56. The lowest BCUT2D eigenvalue weighted by atomic mass is 10.2. The number of alkyl carbamates (subject to hydrolysis) is 1. The fraction of sp³-hybridized carbons (Fsp3) is 0.429. The van der Waals surface area contributed by atoms with Crippen molar-refractivity contribution >= 4 is 6.09 Å². The molecule has 102 valence electrons. The minimum absolute atomic E-state index is 0.157. The molecule has 1 aromatic heterocycles. The summed E-state index contributed by atoms with van der Waals surface area (Å²) in [4.78, 5) is 24.9. The molecule has 0 unspecified atom stereocenters.